The first-order valence-corrected chi connectivity index (χ1v) is 4.75. The Bertz CT molecular complexity index is 173. The molecule has 1 saturated heterocycles. The van der Waals surface area contributed by atoms with E-state index in [1.54, 1.807) is 0 Å². The lowest BCUT2D eigenvalue weighted by Crippen LogP contribution is -2.50. The highest BCUT2D eigenvalue weighted by Gasteiger charge is 2.18. The molecular formula is C9H18N2O2. The summed E-state index contributed by atoms with van der Waals surface area (Å²) >= 11 is 0. The van der Waals surface area contributed by atoms with Crippen molar-refractivity contribution in [1.82, 2.24) is 10.2 Å². The molecule has 13 heavy (non-hydrogen) atoms. The van der Waals surface area contributed by atoms with Gasteiger partial charge in [0, 0.05) is 32.2 Å². The molecule has 76 valence electrons. The molecule has 1 N–H and O–H groups in total. The van der Waals surface area contributed by atoms with E-state index >= 15 is 0 Å². The third kappa shape index (κ3) is 3.32. The van der Waals surface area contributed by atoms with E-state index in [0.717, 1.165) is 26.2 Å². The van der Waals surface area contributed by atoms with E-state index in [-0.39, 0.29) is 5.97 Å². The zero-order valence-corrected chi connectivity index (χ0v) is 8.38. The van der Waals surface area contributed by atoms with Crippen molar-refractivity contribution in [3.05, 3.63) is 0 Å². The SMILES string of the molecule is COC(=O)CCN1CCNC[C@H]1C. The maximum Gasteiger partial charge on any atom is 0.306 e. The number of carbonyl (C=O) groups excluding carboxylic acids is 1. The maximum atomic E-state index is 10.9. The topological polar surface area (TPSA) is 41.6 Å². The summed E-state index contributed by atoms with van der Waals surface area (Å²) in [6.45, 7) is 6.05. The van der Waals surface area contributed by atoms with Gasteiger partial charge in [0.1, 0.15) is 0 Å². The summed E-state index contributed by atoms with van der Waals surface area (Å²) in [5.41, 5.74) is 0. The van der Waals surface area contributed by atoms with Crippen LogP contribution in [-0.4, -0.2) is 50.2 Å². The minimum absolute atomic E-state index is 0.120. The average molecular weight is 186 g/mol. The Morgan fingerprint density at radius 2 is 2.46 bits per heavy atom. The van der Waals surface area contributed by atoms with Crippen molar-refractivity contribution in [2.24, 2.45) is 0 Å². The third-order valence-corrected chi connectivity index (χ3v) is 2.47. The first kappa shape index (κ1) is 10.5. The molecular weight excluding hydrogens is 168 g/mol. The van der Waals surface area contributed by atoms with Crippen molar-refractivity contribution in [3.8, 4) is 0 Å². The van der Waals surface area contributed by atoms with Crippen molar-refractivity contribution in [2.45, 2.75) is 19.4 Å². The highest BCUT2D eigenvalue weighted by molar-refractivity contribution is 5.69. The second kappa shape index (κ2) is 5.19. The van der Waals surface area contributed by atoms with Gasteiger partial charge in [-0.1, -0.05) is 0 Å². The number of nitrogens with one attached hydrogen (secondary N) is 1. The van der Waals surface area contributed by atoms with Gasteiger partial charge < -0.3 is 10.1 Å². The molecule has 1 aliphatic rings. The van der Waals surface area contributed by atoms with Crippen molar-refractivity contribution >= 4 is 5.97 Å². The van der Waals surface area contributed by atoms with Gasteiger partial charge in [0.2, 0.25) is 0 Å². The second-order valence-electron chi connectivity index (χ2n) is 3.42. The molecule has 1 fully saturated rings. The smallest absolute Gasteiger partial charge is 0.306 e. The molecule has 0 amide bonds. The maximum absolute atomic E-state index is 10.9. The molecule has 0 aliphatic carbocycles. The van der Waals surface area contributed by atoms with Crippen LogP contribution in [0.25, 0.3) is 0 Å². The number of hydrogen-bond acceptors (Lipinski definition) is 4. The van der Waals surface area contributed by atoms with E-state index in [9.17, 15) is 4.79 Å². The van der Waals surface area contributed by atoms with Crippen LogP contribution in [-0.2, 0) is 9.53 Å². The molecule has 0 unspecified atom stereocenters. The lowest BCUT2D eigenvalue weighted by atomic mass is 10.2. The second-order valence-corrected chi connectivity index (χ2v) is 3.42. The number of nitrogens with zero attached hydrogens (tertiary/aromatic N) is 1. The van der Waals surface area contributed by atoms with E-state index in [0.29, 0.717) is 12.5 Å². The average Bonchev–Trinajstić information content (AvgIpc) is 2.16. The Hall–Kier alpha value is -0.610. The molecule has 4 heteroatoms. The number of carbonyl (C=O) groups is 1. The molecule has 0 spiro atoms. The Balaban J connectivity index is 2.22. The van der Waals surface area contributed by atoms with Crippen LogP contribution >= 0.6 is 0 Å². The standard InChI is InChI=1S/C9H18N2O2/c1-8-7-10-4-6-11(8)5-3-9(12)13-2/h8,10H,3-7H2,1-2H3/t8-/m1/s1. The molecule has 4 nitrogen and oxygen atoms in total. The third-order valence-electron chi connectivity index (χ3n) is 2.47. The molecule has 0 aromatic rings. The van der Waals surface area contributed by atoms with Gasteiger partial charge in [-0.25, -0.2) is 0 Å². The summed E-state index contributed by atoms with van der Waals surface area (Å²) in [5.74, 6) is -0.120. The van der Waals surface area contributed by atoms with Gasteiger partial charge in [-0.3, -0.25) is 9.69 Å². The first-order valence-electron chi connectivity index (χ1n) is 4.75. The molecule has 0 radical (unpaired) electrons. The molecule has 1 aliphatic heterocycles. The summed E-state index contributed by atoms with van der Waals surface area (Å²) in [7, 11) is 1.43. The zero-order chi connectivity index (χ0) is 9.68. The van der Waals surface area contributed by atoms with Crippen molar-refractivity contribution in [3.63, 3.8) is 0 Å². The van der Waals surface area contributed by atoms with E-state index in [4.69, 9.17) is 0 Å². The highest BCUT2D eigenvalue weighted by atomic mass is 16.5. The predicted octanol–water partition coefficient (Wildman–Crippen LogP) is -0.157. The molecule has 1 rings (SSSR count). The van der Waals surface area contributed by atoms with Crippen LogP contribution in [0.3, 0.4) is 0 Å². The number of rotatable bonds is 3. The van der Waals surface area contributed by atoms with E-state index in [2.05, 4.69) is 21.9 Å². The van der Waals surface area contributed by atoms with Gasteiger partial charge in [0.15, 0.2) is 0 Å². The molecule has 1 heterocycles. The van der Waals surface area contributed by atoms with Gasteiger partial charge in [-0.05, 0) is 6.92 Å². The van der Waals surface area contributed by atoms with E-state index in [1.807, 2.05) is 0 Å². The van der Waals surface area contributed by atoms with Crippen LogP contribution in [0.1, 0.15) is 13.3 Å². The van der Waals surface area contributed by atoms with Gasteiger partial charge in [-0.2, -0.15) is 0 Å². The normalized spacial score (nSPS) is 24.3. The van der Waals surface area contributed by atoms with Crippen molar-refractivity contribution < 1.29 is 9.53 Å². The Labute approximate surface area is 79.2 Å². The lowest BCUT2D eigenvalue weighted by Gasteiger charge is -2.33. The summed E-state index contributed by atoms with van der Waals surface area (Å²) in [5, 5.41) is 3.31. The zero-order valence-electron chi connectivity index (χ0n) is 8.38. The molecule has 0 bridgehead atoms. The van der Waals surface area contributed by atoms with E-state index in [1.165, 1.54) is 7.11 Å². The number of esters is 1. The minimum Gasteiger partial charge on any atom is -0.469 e. The quantitative estimate of drug-likeness (QED) is 0.622. The number of ether oxygens (including phenoxy) is 1. The van der Waals surface area contributed by atoms with Crippen molar-refractivity contribution in [2.75, 3.05) is 33.3 Å². The van der Waals surface area contributed by atoms with Crippen LogP contribution < -0.4 is 5.32 Å². The summed E-state index contributed by atoms with van der Waals surface area (Å²) < 4.78 is 4.60. The Morgan fingerprint density at radius 1 is 1.69 bits per heavy atom. The van der Waals surface area contributed by atoms with Crippen LogP contribution in [0.4, 0.5) is 0 Å². The van der Waals surface area contributed by atoms with Crippen LogP contribution in [0.5, 0.6) is 0 Å². The fourth-order valence-corrected chi connectivity index (χ4v) is 1.55. The lowest BCUT2D eigenvalue weighted by molar-refractivity contribution is -0.141. The van der Waals surface area contributed by atoms with E-state index < -0.39 is 0 Å². The molecule has 0 aromatic heterocycles. The summed E-state index contributed by atoms with van der Waals surface area (Å²) in [6, 6.07) is 0.526. The monoisotopic (exact) mass is 186 g/mol. The minimum atomic E-state index is -0.120. The van der Waals surface area contributed by atoms with Gasteiger partial charge in [0.25, 0.3) is 0 Å². The van der Waals surface area contributed by atoms with Crippen LogP contribution in [0, 0.1) is 0 Å². The Morgan fingerprint density at radius 3 is 3.08 bits per heavy atom. The van der Waals surface area contributed by atoms with Crippen LogP contribution in [0.2, 0.25) is 0 Å². The number of methoxy groups -OCH3 is 1. The predicted molar refractivity (Wildman–Crippen MR) is 50.5 cm³/mol. The number of hydrogen-bond donors (Lipinski definition) is 1. The number of piperazine rings is 1. The fourth-order valence-electron chi connectivity index (χ4n) is 1.55. The van der Waals surface area contributed by atoms with Gasteiger partial charge in [0.05, 0.1) is 13.5 Å². The first-order chi connectivity index (χ1) is 6.24. The summed E-state index contributed by atoms with van der Waals surface area (Å²) in [4.78, 5) is 13.2. The van der Waals surface area contributed by atoms with Crippen LogP contribution in [0.15, 0.2) is 0 Å². The fraction of sp³-hybridized carbons (Fsp3) is 0.889. The van der Waals surface area contributed by atoms with Gasteiger partial charge >= 0.3 is 5.97 Å². The Kier molecular flexibility index (Phi) is 4.18. The molecule has 0 saturated carbocycles. The van der Waals surface area contributed by atoms with Crippen molar-refractivity contribution in [1.29, 1.82) is 0 Å². The highest BCUT2D eigenvalue weighted by Crippen LogP contribution is 2.03. The molecule has 0 aromatic carbocycles. The molecule has 1 atom stereocenters. The largest absolute Gasteiger partial charge is 0.469 e. The van der Waals surface area contributed by atoms with Gasteiger partial charge in [-0.15, -0.1) is 0 Å². The summed E-state index contributed by atoms with van der Waals surface area (Å²) in [6.07, 6.45) is 0.501.